The van der Waals surface area contributed by atoms with Crippen LogP contribution in [0, 0.1) is 0 Å². The van der Waals surface area contributed by atoms with Crippen molar-refractivity contribution in [2.45, 2.75) is 96.5 Å². The maximum Gasteiger partial charge on any atom is 0.303 e. The van der Waals surface area contributed by atoms with Crippen molar-refractivity contribution in [3.8, 4) is 57.5 Å². The second kappa shape index (κ2) is 32.2. The molecule has 0 saturated heterocycles. The summed E-state index contributed by atoms with van der Waals surface area (Å²) in [5, 5.41) is 13.0. The molecule has 1 N–H and O–H groups in total. The molecule has 14 rings (SSSR count). The molecule has 0 radical (unpaired) electrons. The first-order valence-corrected chi connectivity index (χ1v) is 34.0. The molecule has 5 atom stereocenters. The van der Waals surface area contributed by atoms with Crippen LogP contribution in [0.2, 0.25) is 0 Å². The van der Waals surface area contributed by atoms with Gasteiger partial charge in [0.25, 0.3) is 0 Å². The van der Waals surface area contributed by atoms with Gasteiger partial charge in [-0.3, -0.25) is 4.79 Å². The summed E-state index contributed by atoms with van der Waals surface area (Å²) in [4.78, 5) is 14.5. The molecule has 0 aliphatic carbocycles. The van der Waals surface area contributed by atoms with E-state index in [9.17, 15) is 9.90 Å². The molecular weight excluding hydrogens is 1260 g/mol. The molecule has 13 heteroatoms. The lowest BCUT2D eigenvalue weighted by Gasteiger charge is -2.42. The zero-order chi connectivity index (χ0) is 68.5. The SMILES string of the molecule is CC(=O)O[C@H]1[C@H](c2c(OCc3ccccc3)cc(OCc3ccccc3)c3c2O[C@H](c2ccc(OCc4ccccc4)c(OCc4ccccc4)c2)[C@@H](O)C3)c2c(OCc3ccccc3)cc(OCc3ccccc3)cc2O[C@@H]1c1ccc(OCc2ccccc2)c(OCc2ccccc2)c1. The third kappa shape index (κ3) is 16.6. The van der Waals surface area contributed by atoms with Gasteiger partial charge in [-0.1, -0.05) is 255 Å². The molecular formula is C88H76O13. The van der Waals surface area contributed by atoms with Gasteiger partial charge in [-0.2, -0.15) is 0 Å². The lowest BCUT2D eigenvalue weighted by molar-refractivity contribution is -0.154. The van der Waals surface area contributed by atoms with Gasteiger partial charge >= 0.3 is 5.97 Å². The Balaban J connectivity index is 0.982. The highest BCUT2D eigenvalue weighted by atomic mass is 16.6. The first-order chi connectivity index (χ1) is 49.8. The van der Waals surface area contributed by atoms with E-state index in [1.807, 2.05) is 297 Å². The minimum atomic E-state index is -1.24. The van der Waals surface area contributed by atoms with Crippen LogP contribution >= 0.6 is 0 Å². The second-order valence-corrected chi connectivity index (χ2v) is 24.9. The van der Waals surface area contributed by atoms with Crippen molar-refractivity contribution in [1.29, 1.82) is 0 Å². The molecule has 0 aromatic heterocycles. The largest absolute Gasteiger partial charge is 0.489 e. The number of hydrogen-bond acceptors (Lipinski definition) is 13. The summed E-state index contributed by atoms with van der Waals surface area (Å²) >= 11 is 0. The summed E-state index contributed by atoms with van der Waals surface area (Å²) in [6.45, 7) is 2.98. The number of esters is 1. The molecule has 506 valence electrons. The van der Waals surface area contributed by atoms with Gasteiger partial charge in [0.15, 0.2) is 35.2 Å². The number of rotatable bonds is 28. The molecule has 0 unspecified atom stereocenters. The van der Waals surface area contributed by atoms with Crippen LogP contribution in [0.25, 0.3) is 0 Å². The molecule has 2 heterocycles. The number of aliphatic hydroxyl groups excluding tert-OH is 1. The van der Waals surface area contributed by atoms with Gasteiger partial charge in [0.1, 0.15) is 93.5 Å². The van der Waals surface area contributed by atoms with Gasteiger partial charge in [0, 0.05) is 53.8 Å². The Morgan fingerprint density at radius 1 is 0.347 bits per heavy atom. The first kappa shape index (κ1) is 66.3. The predicted octanol–water partition coefficient (Wildman–Crippen LogP) is 18.6. The van der Waals surface area contributed by atoms with Gasteiger partial charge in [-0.05, 0) is 74.3 Å². The van der Waals surface area contributed by atoms with Crippen LogP contribution in [0.1, 0.15) is 97.4 Å². The molecule has 13 nitrogen and oxygen atoms in total. The standard InChI is InChI=1S/C88H76O13/c1-60(89)99-88-84(82-79(97-58-67-38-22-8-23-39-67)48-71(91-52-61-26-10-2-11-27-61)49-81(82)100-86(88)70-43-45-75(93-54-63-30-14-4-15-31-63)78(47-70)96-57-66-36-20-7-21-37-66)83-80(98-59-68-40-24-9-25-41-68)51-76(94-55-64-32-16-5-17-33-64)72-50-73(90)85(101-87(72)83)69-42-44-74(92-53-62-28-12-3-13-29-62)77(46-69)95-56-65-34-18-6-19-35-65/h2-49,51,73,84-86,88,90H,50,52-59H2,1H3/t73-,84-,85+,86+,88-/m0/s1. The van der Waals surface area contributed by atoms with Crippen molar-refractivity contribution >= 4 is 5.97 Å². The highest BCUT2D eigenvalue weighted by Crippen LogP contribution is 2.59. The average molecular weight is 1340 g/mol. The van der Waals surface area contributed by atoms with Gasteiger partial charge in [-0.15, -0.1) is 0 Å². The quantitative estimate of drug-likeness (QED) is 0.0466. The van der Waals surface area contributed by atoms with Crippen molar-refractivity contribution < 1.29 is 62.0 Å². The smallest absolute Gasteiger partial charge is 0.303 e. The Kier molecular flexibility index (Phi) is 21.1. The van der Waals surface area contributed by atoms with E-state index in [0.717, 1.165) is 44.5 Å². The molecule has 0 saturated carbocycles. The zero-order valence-electron chi connectivity index (χ0n) is 55.9. The highest BCUT2D eigenvalue weighted by molar-refractivity contribution is 5.70. The molecule has 2 aliphatic heterocycles. The minimum Gasteiger partial charge on any atom is -0.489 e. The van der Waals surface area contributed by atoms with Crippen LogP contribution in [0.15, 0.2) is 297 Å². The normalized spacial score (nSPS) is 15.8. The monoisotopic (exact) mass is 1340 g/mol. The summed E-state index contributed by atoms with van der Waals surface area (Å²) in [7, 11) is 0. The lowest BCUT2D eigenvalue weighted by Crippen LogP contribution is -2.40. The molecule has 0 fully saturated rings. The van der Waals surface area contributed by atoms with Gasteiger partial charge in [0.2, 0.25) is 0 Å². The molecule has 101 heavy (non-hydrogen) atoms. The van der Waals surface area contributed by atoms with E-state index < -0.39 is 36.3 Å². The Morgan fingerprint density at radius 3 is 1.07 bits per heavy atom. The summed E-state index contributed by atoms with van der Waals surface area (Å²) < 4.78 is 76.9. The fourth-order valence-electron chi connectivity index (χ4n) is 12.7. The molecule has 12 aromatic carbocycles. The van der Waals surface area contributed by atoms with E-state index in [1.165, 1.54) is 6.92 Å². The predicted molar refractivity (Wildman–Crippen MR) is 386 cm³/mol. The fourth-order valence-corrected chi connectivity index (χ4v) is 12.7. The van der Waals surface area contributed by atoms with E-state index >= 15 is 0 Å². The number of fused-ring (bicyclic) bond motifs is 2. The van der Waals surface area contributed by atoms with E-state index in [4.69, 9.17) is 52.1 Å². The number of carbonyl (C=O) groups excluding carboxylic acids is 1. The summed E-state index contributed by atoms with van der Waals surface area (Å²) in [5.41, 5.74) is 10.2. The Morgan fingerprint density at radius 2 is 0.683 bits per heavy atom. The van der Waals surface area contributed by atoms with Crippen LogP contribution in [-0.4, -0.2) is 23.3 Å². The number of carbonyl (C=O) groups is 1. The molecule has 0 amide bonds. The van der Waals surface area contributed by atoms with Crippen molar-refractivity contribution in [1.82, 2.24) is 0 Å². The van der Waals surface area contributed by atoms with E-state index in [1.54, 1.807) is 0 Å². The maximum atomic E-state index is 14.5. The van der Waals surface area contributed by atoms with E-state index in [2.05, 4.69) is 0 Å². The molecule has 12 aromatic rings. The third-order valence-electron chi connectivity index (χ3n) is 17.7. The Bertz CT molecular complexity index is 4660. The molecule has 2 aliphatic rings. The lowest BCUT2D eigenvalue weighted by atomic mass is 9.77. The number of hydrogen-bond donors (Lipinski definition) is 1. The number of benzene rings is 12. The van der Waals surface area contributed by atoms with Gasteiger partial charge < -0.3 is 57.2 Å². The van der Waals surface area contributed by atoms with Crippen molar-refractivity contribution in [3.63, 3.8) is 0 Å². The van der Waals surface area contributed by atoms with Crippen LogP contribution in [0.4, 0.5) is 0 Å². The molecule has 0 spiro atoms. The summed E-state index contributed by atoms with van der Waals surface area (Å²) in [5.74, 6) is 2.45. The van der Waals surface area contributed by atoms with E-state index in [-0.39, 0.29) is 59.3 Å². The highest BCUT2D eigenvalue weighted by Gasteiger charge is 2.49. The van der Waals surface area contributed by atoms with Crippen molar-refractivity contribution in [2.24, 2.45) is 0 Å². The van der Waals surface area contributed by atoms with Crippen LogP contribution < -0.4 is 47.4 Å². The van der Waals surface area contributed by atoms with Crippen LogP contribution in [0.5, 0.6) is 57.5 Å². The third-order valence-corrected chi connectivity index (χ3v) is 17.7. The topological polar surface area (TPSA) is 139 Å². The van der Waals surface area contributed by atoms with Crippen molar-refractivity contribution in [2.75, 3.05) is 0 Å². The van der Waals surface area contributed by atoms with Gasteiger partial charge in [0.05, 0.1) is 12.0 Å². The first-order valence-electron chi connectivity index (χ1n) is 34.0. The van der Waals surface area contributed by atoms with E-state index in [0.29, 0.717) is 85.3 Å². The summed E-state index contributed by atoms with van der Waals surface area (Å²) in [6, 6.07) is 96.2. The second-order valence-electron chi connectivity index (χ2n) is 24.9. The van der Waals surface area contributed by atoms with Crippen LogP contribution in [0.3, 0.4) is 0 Å². The average Bonchev–Trinajstić information content (AvgIpc) is 0.720. The van der Waals surface area contributed by atoms with Crippen LogP contribution in [-0.2, 0) is 68.8 Å². The maximum absolute atomic E-state index is 14.5. The summed E-state index contributed by atoms with van der Waals surface area (Å²) in [6.07, 6.45) is -4.51. The Hall–Kier alpha value is -11.9. The van der Waals surface area contributed by atoms with Gasteiger partial charge in [-0.25, -0.2) is 0 Å². The molecule has 0 bridgehead atoms. The zero-order valence-corrected chi connectivity index (χ0v) is 55.9. The fraction of sp³-hybridized carbons (Fsp3) is 0.170. The van der Waals surface area contributed by atoms with Crippen molar-refractivity contribution in [3.05, 3.63) is 370 Å². The number of ether oxygens (including phenoxy) is 11. The minimum absolute atomic E-state index is 0.0382. The Labute approximate surface area is 588 Å². The number of aliphatic hydroxyl groups is 1.